The first-order chi connectivity index (χ1) is 61.4. The summed E-state index contributed by atoms with van der Waals surface area (Å²) in [6, 6.07) is 46.6. The molecule has 19 rings (SSSR count). The molecular weight excluding hydrogens is 1760 g/mol. The van der Waals surface area contributed by atoms with Crippen molar-refractivity contribution in [2.45, 2.75) is 142 Å². The lowest BCUT2D eigenvalue weighted by atomic mass is 10.0. The Morgan fingerprint density at radius 3 is 1.27 bits per heavy atom. The number of fused-ring (bicyclic) bond motifs is 4. The van der Waals surface area contributed by atoms with Crippen LogP contribution in [0.15, 0.2) is 239 Å². The van der Waals surface area contributed by atoms with Crippen LogP contribution in [-0.4, -0.2) is 102 Å². The van der Waals surface area contributed by atoms with Gasteiger partial charge in [-0.3, -0.25) is 18.9 Å². The standard InChI is InChI=1S/C23H22FN5O2S.2C22H20ClFN6O2S.C22H23N5O2S/c24-19-12-15(10-11-20(19)28-32(30,31)17-8-2-1-3-9-17)18-13-29(16-6-4-5-7-16)23-21(18)22(25)26-14-27-23;23-17-10-13(8-9-18(17)29-33(31,32)16-7-3-4-14(24)11-16)20-19-21(25)26-12-27-22(19)30(28-20)15-5-1-2-6-15;23-15-11-13(9-10-17(15)29-33(31,32)18-8-4-3-7-16(18)24)20-19-21(25)26-12-27-22(19)30(28-20)14-5-1-2-6-14;1-14(2)27-12-18(20-21(23)24-13-25-22(20)27)16-9-10-19(15(3)11-16)26-30(28,29)17-7-5-4-6-8-17/h1-3,8-14,16,28H,4-7H2,(H2,25,26,27);3-4,7-12,15,29H,1-2,5-6H2,(H2,25,26,27);3-4,7-12,14,29H,1-2,5-6H2,(H2,25,26,27);4-14,26H,1-3H3,(H2,23,24,25). The Labute approximate surface area is 744 Å². The number of anilines is 8. The number of aromatic nitrogens is 14. The molecule has 0 unspecified atom stereocenters. The minimum absolute atomic E-state index is 0.0630. The molecule has 0 amide bonds. The molecular formula is C89H85Cl2F3N22O8S4. The zero-order chi connectivity index (χ0) is 90.1. The normalized spacial score (nSPS) is 14.1. The van der Waals surface area contributed by atoms with E-state index in [1.807, 2.05) is 40.8 Å². The average molecular weight is 1850 g/mol. The SMILES string of the molecule is Cc1cc(-c2cn(C(C)C)c3ncnc(N)c23)ccc1NS(=O)(=O)c1ccccc1.Nc1ncnc2c1c(-c1ccc(NS(=O)(=O)c3cccc(F)c3)c(Cl)c1)nn2C1CCCC1.Nc1ncnc2c1c(-c1ccc(NS(=O)(=O)c3ccccc3)c(F)c1)cn2C1CCCC1.Nc1ncnc2c1c(-c1ccc(NS(=O)(=O)c3ccccc3F)c(Cl)c1)nn2C1CCCC1. The van der Waals surface area contributed by atoms with Crippen molar-refractivity contribution in [1.82, 2.24) is 68.6 Å². The van der Waals surface area contributed by atoms with Gasteiger partial charge in [0.05, 0.1) is 81.1 Å². The number of hydrogen-bond donors (Lipinski definition) is 8. The van der Waals surface area contributed by atoms with Crippen molar-refractivity contribution in [3.8, 4) is 44.8 Å². The maximum absolute atomic E-state index is 15.0. The highest BCUT2D eigenvalue weighted by atomic mass is 35.5. The Morgan fingerprint density at radius 1 is 0.383 bits per heavy atom. The fourth-order valence-corrected chi connectivity index (χ4v) is 21.3. The van der Waals surface area contributed by atoms with E-state index in [9.17, 15) is 46.8 Å². The fourth-order valence-electron chi connectivity index (χ4n) is 16.2. The van der Waals surface area contributed by atoms with Crippen molar-refractivity contribution in [3.05, 3.63) is 253 Å². The Morgan fingerprint density at radius 2 is 0.781 bits per heavy atom. The largest absolute Gasteiger partial charge is 0.383 e. The zero-order valence-electron chi connectivity index (χ0n) is 68.9. The van der Waals surface area contributed by atoms with Gasteiger partial charge in [-0.25, -0.2) is 96.1 Å². The quantitative estimate of drug-likeness (QED) is 0.0351. The number of halogens is 5. The first kappa shape index (κ1) is 88.1. The predicted octanol–water partition coefficient (Wildman–Crippen LogP) is 18.7. The van der Waals surface area contributed by atoms with Crippen LogP contribution in [0, 0.1) is 24.4 Å². The lowest BCUT2D eigenvalue weighted by Gasteiger charge is -2.12. The third kappa shape index (κ3) is 18.4. The van der Waals surface area contributed by atoms with Crippen LogP contribution < -0.4 is 41.8 Å². The fraction of sp³-hybridized carbons (Fsp3) is 0.213. The summed E-state index contributed by atoms with van der Waals surface area (Å²) >= 11 is 12.9. The molecule has 658 valence electrons. The average Bonchev–Trinajstić information content (AvgIpc) is 1.61. The van der Waals surface area contributed by atoms with Gasteiger partial charge in [-0.15, -0.1) is 0 Å². The summed E-state index contributed by atoms with van der Waals surface area (Å²) in [4.78, 5) is 33.8. The molecule has 8 heterocycles. The highest BCUT2D eigenvalue weighted by Gasteiger charge is 2.31. The van der Waals surface area contributed by atoms with E-state index in [1.165, 1.54) is 98.1 Å². The van der Waals surface area contributed by atoms with E-state index in [4.69, 9.17) is 56.3 Å². The zero-order valence-corrected chi connectivity index (χ0v) is 73.7. The number of aryl methyl sites for hydroxylation is 1. The van der Waals surface area contributed by atoms with E-state index in [-0.39, 0.29) is 59.9 Å². The van der Waals surface area contributed by atoms with Crippen molar-refractivity contribution in [2.75, 3.05) is 41.8 Å². The number of benzene rings is 8. The topological polar surface area (TPSA) is 437 Å². The molecule has 0 bridgehead atoms. The second-order valence-electron chi connectivity index (χ2n) is 31.3. The molecule has 0 atom stereocenters. The van der Waals surface area contributed by atoms with Crippen molar-refractivity contribution in [3.63, 3.8) is 0 Å². The van der Waals surface area contributed by atoms with Gasteiger partial charge < -0.3 is 32.1 Å². The monoisotopic (exact) mass is 1840 g/mol. The highest BCUT2D eigenvalue weighted by Crippen LogP contribution is 2.45. The van der Waals surface area contributed by atoms with E-state index in [0.717, 1.165) is 128 Å². The lowest BCUT2D eigenvalue weighted by molar-refractivity contribution is 0.479. The first-order valence-electron chi connectivity index (χ1n) is 40.8. The van der Waals surface area contributed by atoms with Gasteiger partial charge in [0.2, 0.25) is 0 Å². The number of sulfonamides is 4. The molecule has 3 aliphatic rings. The van der Waals surface area contributed by atoms with Gasteiger partial charge in [-0.2, -0.15) is 10.2 Å². The van der Waals surface area contributed by atoms with Crippen LogP contribution >= 0.6 is 23.2 Å². The van der Waals surface area contributed by atoms with Crippen LogP contribution in [0.25, 0.3) is 88.9 Å². The van der Waals surface area contributed by atoms with E-state index in [1.54, 1.807) is 84.9 Å². The Balaban J connectivity index is 0.000000125. The molecule has 3 fully saturated rings. The maximum atomic E-state index is 15.0. The summed E-state index contributed by atoms with van der Waals surface area (Å²) < 4.78 is 161. The van der Waals surface area contributed by atoms with Crippen LogP contribution in [0.3, 0.4) is 0 Å². The molecule has 128 heavy (non-hydrogen) atoms. The van der Waals surface area contributed by atoms with E-state index in [0.29, 0.717) is 90.5 Å². The number of nitrogen functional groups attached to an aromatic ring is 4. The number of nitrogens with two attached hydrogens (primary N) is 4. The molecule has 39 heteroatoms. The maximum Gasteiger partial charge on any atom is 0.264 e. The van der Waals surface area contributed by atoms with Crippen molar-refractivity contribution >= 4 is 153 Å². The highest BCUT2D eigenvalue weighted by molar-refractivity contribution is 7.93. The van der Waals surface area contributed by atoms with Crippen LogP contribution in [0.4, 0.5) is 59.2 Å². The number of nitrogens with one attached hydrogen (secondary N) is 4. The lowest BCUT2D eigenvalue weighted by Crippen LogP contribution is -2.14. The van der Waals surface area contributed by atoms with E-state index in [2.05, 4.69) is 81.7 Å². The summed E-state index contributed by atoms with van der Waals surface area (Å²) in [5, 5.41) is 12.6. The Hall–Kier alpha value is -13.3. The minimum Gasteiger partial charge on any atom is -0.383 e. The molecule has 30 nitrogen and oxygen atoms in total. The second kappa shape index (κ2) is 36.6. The molecule has 3 saturated carbocycles. The summed E-state index contributed by atoms with van der Waals surface area (Å²) in [7, 11) is -15.7. The molecule has 8 aromatic heterocycles. The minimum atomic E-state index is -4.16. The molecule has 3 aliphatic carbocycles. The predicted molar refractivity (Wildman–Crippen MR) is 492 cm³/mol. The molecule has 0 radical (unpaired) electrons. The Kier molecular flexibility index (Phi) is 25.2. The van der Waals surface area contributed by atoms with Gasteiger partial charge in [0, 0.05) is 46.7 Å². The van der Waals surface area contributed by atoms with Crippen LogP contribution in [0.5, 0.6) is 0 Å². The molecule has 8 aromatic carbocycles. The number of rotatable bonds is 20. The smallest absolute Gasteiger partial charge is 0.264 e. The third-order valence-corrected chi connectivity index (χ3v) is 28.7. The van der Waals surface area contributed by atoms with Gasteiger partial charge in [0.1, 0.15) is 93.6 Å². The van der Waals surface area contributed by atoms with E-state index < -0.39 is 62.4 Å². The first-order valence-corrected chi connectivity index (χ1v) is 47.5. The van der Waals surface area contributed by atoms with Gasteiger partial charge in [0.25, 0.3) is 40.1 Å². The van der Waals surface area contributed by atoms with Gasteiger partial charge in [-0.05, 0) is 179 Å². The van der Waals surface area contributed by atoms with Crippen molar-refractivity contribution in [2.24, 2.45) is 0 Å². The molecule has 0 saturated heterocycles. The van der Waals surface area contributed by atoms with E-state index >= 15 is 0 Å². The van der Waals surface area contributed by atoms with Gasteiger partial charge in [0.15, 0.2) is 11.3 Å². The Bertz CT molecular complexity index is 7410. The second-order valence-corrected chi connectivity index (χ2v) is 38.8. The van der Waals surface area contributed by atoms with Crippen molar-refractivity contribution in [1.29, 1.82) is 0 Å². The molecule has 0 aliphatic heterocycles. The van der Waals surface area contributed by atoms with Crippen LogP contribution in [-0.2, 0) is 40.1 Å². The summed E-state index contributed by atoms with van der Waals surface area (Å²) in [6.07, 6.45) is 22.7. The number of nitrogens with zero attached hydrogens (tertiary/aromatic N) is 14. The summed E-state index contributed by atoms with van der Waals surface area (Å²) in [5.74, 6) is -0.817. The van der Waals surface area contributed by atoms with Gasteiger partial charge in [-0.1, -0.05) is 141 Å². The molecule has 0 spiro atoms. The van der Waals surface area contributed by atoms with Crippen molar-refractivity contribution < 1.29 is 46.8 Å². The molecule has 12 N–H and O–H groups in total. The summed E-state index contributed by atoms with van der Waals surface area (Å²) in [6.45, 7) is 6.02. The van der Waals surface area contributed by atoms with Crippen LogP contribution in [0.1, 0.15) is 121 Å². The number of hydrogen-bond acceptors (Lipinski definition) is 22. The summed E-state index contributed by atoms with van der Waals surface area (Å²) in [5.41, 5.74) is 34.6. The third-order valence-electron chi connectivity index (χ3n) is 22.5. The molecule has 16 aromatic rings. The van der Waals surface area contributed by atoms with Crippen LogP contribution in [0.2, 0.25) is 10.0 Å². The van der Waals surface area contributed by atoms with Gasteiger partial charge >= 0.3 is 0 Å².